The molecule has 1 saturated carbocycles. The number of benzene rings is 2. The molecule has 1 heterocycles. The van der Waals surface area contributed by atoms with Gasteiger partial charge in [0.15, 0.2) is 0 Å². The van der Waals surface area contributed by atoms with E-state index in [0.717, 1.165) is 42.7 Å². The first kappa shape index (κ1) is 16.6. The van der Waals surface area contributed by atoms with Crippen molar-refractivity contribution in [2.45, 2.75) is 25.8 Å². The summed E-state index contributed by atoms with van der Waals surface area (Å²) in [5.41, 5.74) is 3.33. The van der Waals surface area contributed by atoms with E-state index in [1.807, 2.05) is 36.4 Å². The average Bonchev–Trinajstić information content (AvgIpc) is 3.46. The Balaban J connectivity index is 1.49. The van der Waals surface area contributed by atoms with E-state index in [4.69, 9.17) is 4.98 Å². The predicted octanol–water partition coefficient (Wildman–Crippen LogP) is 3.82. The molecule has 0 aliphatic heterocycles. The molecule has 0 atom stereocenters. The fraction of sp³-hybridized carbons (Fsp3) is 0.273. The molecule has 26 heavy (non-hydrogen) atoms. The summed E-state index contributed by atoms with van der Waals surface area (Å²) in [4.78, 5) is 16.6. The zero-order valence-corrected chi connectivity index (χ0v) is 14.8. The summed E-state index contributed by atoms with van der Waals surface area (Å²) in [7, 11) is 0. The van der Waals surface area contributed by atoms with Crippen molar-refractivity contribution in [3.63, 3.8) is 0 Å². The molecule has 4 heteroatoms. The quantitative estimate of drug-likeness (QED) is 0.708. The van der Waals surface area contributed by atoms with Gasteiger partial charge in [-0.3, -0.25) is 4.79 Å². The van der Waals surface area contributed by atoms with Gasteiger partial charge in [0.05, 0.1) is 11.0 Å². The molecular weight excluding hydrogens is 322 g/mol. The third-order valence-electron chi connectivity index (χ3n) is 4.73. The second-order valence-corrected chi connectivity index (χ2v) is 6.76. The number of hydrogen-bond donors (Lipinski definition) is 1. The van der Waals surface area contributed by atoms with Crippen molar-refractivity contribution < 1.29 is 4.79 Å². The molecule has 1 amide bonds. The molecule has 0 radical (unpaired) electrons. The minimum Gasteiger partial charge on any atom is -0.355 e. The largest absolute Gasteiger partial charge is 0.355 e. The Morgan fingerprint density at radius 2 is 1.88 bits per heavy atom. The molecular formula is C22H23N3O. The smallest absolute Gasteiger partial charge is 0.223 e. The summed E-state index contributed by atoms with van der Waals surface area (Å²) in [6, 6.07) is 18.5. The lowest BCUT2D eigenvalue weighted by atomic mass is 10.2. The number of nitrogens with zero attached hydrogens (tertiary/aromatic N) is 2. The van der Waals surface area contributed by atoms with Gasteiger partial charge >= 0.3 is 0 Å². The molecule has 1 aromatic heterocycles. The van der Waals surface area contributed by atoms with Crippen LogP contribution in [-0.2, 0) is 17.8 Å². The summed E-state index contributed by atoms with van der Waals surface area (Å²) in [5, 5.41) is 3.04. The van der Waals surface area contributed by atoms with Gasteiger partial charge in [-0.25, -0.2) is 4.98 Å². The van der Waals surface area contributed by atoms with Crippen molar-refractivity contribution in [3.8, 4) is 0 Å². The van der Waals surface area contributed by atoms with Gasteiger partial charge < -0.3 is 9.88 Å². The van der Waals surface area contributed by atoms with Gasteiger partial charge in [0, 0.05) is 25.4 Å². The number of nitrogens with one attached hydrogen (secondary N) is 1. The second kappa shape index (κ2) is 7.56. The topological polar surface area (TPSA) is 46.9 Å². The van der Waals surface area contributed by atoms with Crippen molar-refractivity contribution in [1.29, 1.82) is 0 Å². The van der Waals surface area contributed by atoms with Crippen LogP contribution in [0.25, 0.3) is 17.1 Å². The summed E-state index contributed by atoms with van der Waals surface area (Å²) < 4.78 is 2.23. The van der Waals surface area contributed by atoms with E-state index in [9.17, 15) is 4.79 Å². The Bertz CT molecular complexity index is 923. The highest BCUT2D eigenvalue weighted by Gasteiger charge is 2.29. The first-order valence-corrected chi connectivity index (χ1v) is 9.25. The van der Waals surface area contributed by atoms with Gasteiger partial charge in [-0.15, -0.1) is 0 Å². The number of rotatable bonds is 7. The van der Waals surface area contributed by atoms with Crippen molar-refractivity contribution >= 4 is 23.0 Å². The molecule has 0 bridgehead atoms. The van der Waals surface area contributed by atoms with Gasteiger partial charge in [0.1, 0.15) is 5.82 Å². The third kappa shape index (κ3) is 3.85. The maximum atomic E-state index is 11.8. The third-order valence-corrected chi connectivity index (χ3v) is 4.73. The number of carbonyl (C=O) groups excluding carboxylic acids is 1. The fourth-order valence-corrected chi connectivity index (χ4v) is 3.17. The van der Waals surface area contributed by atoms with E-state index in [0.29, 0.717) is 6.54 Å². The number of fused-ring (bicyclic) bond motifs is 1. The van der Waals surface area contributed by atoms with Crippen molar-refractivity contribution in [1.82, 2.24) is 14.9 Å². The number of aromatic nitrogens is 2. The molecule has 1 aliphatic rings. The van der Waals surface area contributed by atoms with Crippen LogP contribution in [0, 0.1) is 5.92 Å². The Kier molecular flexibility index (Phi) is 4.82. The Morgan fingerprint density at radius 3 is 2.69 bits per heavy atom. The standard InChI is InChI=1S/C22H23N3O/c26-22(18-12-13-18)23-15-14-21-24-19-10-4-5-11-20(19)25(21)16-6-9-17-7-2-1-3-8-17/h1-11,18H,12-16H2,(H,23,26)/b9-6+. The minimum atomic E-state index is 0.191. The molecule has 1 fully saturated rings. The lowest BCUT2D eigenvalue weighted by Crippen LogP contribution is -2.27. The summed E-state index contributed by atoms with van der Waals surface area (Å²) in [6.07, 6.45) is 7.11. The van der Waals surface area contributed by atoms with E-state index in [2.05, 4.69) is 40.2 Å². The Morgan fingerprint density at radius 1 is 1.12 bits per heavy atom. The zero-order chi connectivity index (χ0) is 17.8. The molecule has 1 N–H and O–H groups in total. The van der Waals surface area contributed by atoms with Crippen molar-refractivity contribution in [2.75, 3.05) is 6.54 Å². The van der Waals surface area contributed by atoms with Crippen LogP contribution in [0.5, 0.6) is 0 Å². The summed E-state index contributed by atoms with van der Waals surface area (Å²) >= 11 is 0. The van der Waals surface area contributed by atoms with Crippen LogP contribution in [0.1, 0.15) is 24.2 Å². The molecule has 0 spiro atoms. The molecule has 4 nitrogen and oxygen atoms in total. The molecule has 3 aromatic rings. The van der Waals surface area contributed by atoms with E-state index < -0.39 is 0 Å². The normalized spacial score (nSPS) is 14.2. The predicted molar refractivity (Wildman–Crippen MR) is 105 cm³/mol. The number of para-hydroxylation sites is 2. The number of carbonyl (C=O) groups is 1. The van der Waals surface area contributed by atoms with E-state index in [-0.39, 0.29) is 11.8 Å². The van der Waals surface area contributed by atoms with Crippen LogP contribution in [0.3, 0.4) is 0 Å². The zero-order valence-electron chi connectivity index (χ0n) is 14.8. The minimum absolute atomic E-state index is 0.191. The van der Waals surface area contributed by atoms with Crippen LogP contribution >= 0.6 is 0 Å². The molecule has 0 saturated heterocycles. The van der Waals surface area contributed by atoms with Gasteiger partial charge in [0.25, 0.3) is 0 Å². The van der Waals surface area contributed by atoms with Gasteiger partial charge in [-0.2, -0.15) is 0 Å². The maximum absolute atomic E-state index is 11.8. The number of amides is 1. The van der Waals surface area contributed by atoms with Crippen LogP contribution in [-0.4, -0.2) is 22.0 Å². The number of hydrogen-bond acceptors (Lipinski definition) is 2. The van der Waals surface area contributed by atoms with Crippen LogP contribution in [0.15, 0.2) is 60.7 Å². The molecule has 4 rings (SSSR count). The summed E-state index contributed by atoms with van der Waals surface area (Å²) in [5.74, 6) is 1.46. The second-order valence-electron chi connectivity index (χ2n) is 6.76. The van der Waals surface area contributed by atoms with Crippen LogP contribution in [0.2, 0.25) is 0 Å². The van der Waals surface area contributed by atoms with Crippen LogP contribution < -0.4 is 5.32 Å². The SMILES string of the molecule is O=C(NCCc1nc2ccccc2n1C/C=C/c1ccccc1)C1CC1. The fourth-order valence-electron chi connectivity index (χ4n) is 3.17. The highest BCUT2D eigenvalue weighted by molar-refractivity contribution is 5.80. The Hall–Kier alpha value is -2.88. The maximum Gasteiger partial charge on any atom is 0.223 e. The molecule has 132 valence electrons. The Labute approximate surface area is 153 Å². The number of imidazole rings is 1. The van der Waals surface area contributed by atoms with Crippen LogP contribution in [0.4, 0.5) is 0 Å². The van der Waals surface area contributed by atoms with Crippen molar-refractivity contribution in [2.24, 2.45) is 5.92 Å². The van der Waals surface area contributed by atoms with Crippen molar-refractivity contribution in [3.05, 3.63) is 72.1 Å². The molecule has 2 aromatic carbocycles. The van der Waals surface area contributed by atoms with E-state index in [1.165, 1.54) is 5.56 Å². The lowest BCUT2D eigenvalue weighted by molar-refractivity contribution is -0.122. The van der Waals surface area contributed by atoms with Gasteiger partial charge in [-0.05, 0) is 30.5 Å². The molecule has 0 unspecified atom stereocenters. The average molecular weight is 345 g/mol. The first-order valence-electron chi connectivity index (χ1n) is 9.25. The monoisotopic (exact) mass is 345 g/mol. The summed E-state index contributed by atoms with van der Waals surface area (Å²) in [6.45, 7) is 1.41. The first-order chi connectivity index (χ1) is 12.8. The highest BCUT2D eigenvalue weighted by Crippen LogP contribution is 2.28. The van der Waals surface area contributed by atoms with E-state index >= 15 is 0 Å². The number of allylic oxidation sites excluding steroid dienone is 1. The molecule has 1 aliphatic carbocycles. The van der Waals surface area contributed by atoms with Gasteiger partial charge in [0.2, 0.25) is 5.91 Å². The lowest BCUT2D eigenvalue weighted by Gasteiger charge is -2.08. The van der Waals surface area contributed by atoms with Gasteiger partial charge in [-0.1, -0.05) is 54.6 Å². The van der Waals surface area contributed by atoms with E-state index in [1.54, 1.807) is 0 Å². The highest BCUT2D eigenvalue weighted by atomic mass is 16.2.